The van der Waals surface area contributed by atoms with Gasteiger partial charge >= 0.3 is 0 Å². The number of fused-ring (bicyclic) bond motifs is 1. The van der Waals surface area contributed by atoms with E-state index in [1.807, 2.05) is 0 Å². The molecule has 16 heavy (non-hydrogen) atoms. The summed E-state index contributed by atoms with van der Waals surface area (Å²) in [6, 6.07) is 2.58. The third kappa shape index (κ3) is 1.22. The summed E-state index contributed by atoms with van der Waals surface area (Å²) in [5.41, 5.74) is 0.863. The lowest BCUT2D eigenvalue weighted by Crippen LogP contribution is -2.37. The Balaban J connectivity index is 1.96. The average molecular weight is 217 g/mol. The van der Waals surface area contributed by atoms with Gasteiger partial charge in [0, 0.05) is 5.92 Å². The first kappa shape index (κ1) is 10.6. The van der Waals surface area contributed by atoms with Crippen LogP contribution in [0.4, 0.5) is 0 Å². The minimum Gasteiger partial charge on any atom is -0.198 e. The normalized spacial score (nSPS) is 50.4. The Morgan fingerprint density at radius 1 is 1.06 bits per heavy atom. The molecule has 0 amide bonds. The SMILES string of the molecule is CC(C)(C)C12CC(C#N)CC3CC(C1)C3C2. The summed E-state index contributed by atoms with van der Waals surface area (Å²) >= 11 is 0. The summed E-state index contributed by atoms with van der Waals surface area (Å²) in [6.07, 6.45) is 6.65. The fraction of sp³-hybridized carbons (Fsp3) is 0.933. The molecule has 3 aliphatic rings. The molecule has 3 aliphatic carbocycles. The first-order valence-electron chi connectivity index (χ1n) is 6.85. The van der Waals surface area contributed by atoms with E-state index in [0.29, 0.717) is 16.7 Å². The molecule has 0 aliphatic heterocycles. The highest BCUT2D eigenvalue weighted by Crippen LogP contribution is 2.69. The largest absolute Gasteiger partial charge is 0.198 e. The van der Waals surface area contributed by atoms with Crippen LogP contribution in [0.3, 0.4) is 0 Å². The third-order valence-corrected chi connectivity index (χ3v) is 6.09. The van der Waals surface area contributed by atoms with E-state index in [9.17, 15) is 5.26 Å². The van der Waals surface area contributed by atoms with Gasteiger partial charge in [0.1, 0.15) is 0 Å². The second kappa shape index (κ2) is 3.03. The maximum atomic E-state index is 9.31. The molecule has 3 saturated carbocycles. The standard InChI is InChI=1S/C15H23N/c1-14(2,3)15-6-10(9-16)4-11-5-12(7-15)13(11)8-15/h10-13H,4-8H2,1-3H3. The molecule has 3 rings (SSSR count). The van der Waals surface area contributed by atoms with Crippen molar-refractivity contribution in [3.05, 3.63) is 0 Å². The summed E-state index contributed by atoms with van der Waals surface area (Å²) < 4.78 is 0. The summed E-state index contributed by atoms with van der Waals surface area (Å²) in [5, 5.41) is 9.31. The lowest BCUT2D eigenvalue weighted by Gasteiger charge is -2.45. The minimum atomic E-state index is 0.343. The Kier molecular flexibility index (Phi) is 2.01. The van der Waals surface area contributed by atoms with Crippen LogP contribution >= 0.6 is 0 Å². The van der Waals surface area contributed by atoms with Gasteiger partial charge in [-0.3, -0.25) is 0 Å². The molecule has 0 radical (unpaired) electrons. The van der Waals surface area contributed by atoms with Gasteiger partial charge < -0.3 is 0 Å². The maximum Gasteiger partial charge on any atom is 0.0656 e. The van der Waals surface area contributed by atoms with Crippen molar-refractivity contribution >= 4 is 0 Å². The van der Waals surface area contributed by atoms with E-state index in [1.54, 1.807) is 0 Å². The Labute approximate surface area is 99.2 Å². The molecule has 5 unspecified atom stereocenters. The van der Waals surface area contributed by atoms with E-state index < -0.39 is 0 Å². The predicted molar refractivity (Wildman–Crippen MR) is 64.5 cm³/mol. The van der Waals surface area contributed by atoms with Gasteiger partial charge in [-0.15, -0.1) is 0 Å². The van der Waals surface area contributed by atoms with E-state index in [2.05, 4.69) is 26.8 Å². The number of rotatable bonds is 0. The van der Waals surface area contributed by atoms with Crippen molar-refractivity contribution in [2.45, 2.75) is 52.9 Å². The highest BCUT2D eigenvalue weighted by molar-refractivity contribution is 5.12. The topological polar surface area (TPSA) is 23.8 Å². The van der Waals surface area contributed by atoms with Crippen LogP contribution in [-0.2, 0) is 0 Å². The lowest BCUT2D eigenvalue weighted by atomic mass is 9.59. The van der Waals surface area contributed by atoms with Gasteiger partial charge in [-0.05, 0) is 60.7 Å². The summed E-state index contributed by atoms with van der Waals surface area (Å²) in [5.74, 6) is 3.25. The van der Waals surface area contributed by atoms with Crippen molar-refractivity contribution in [3.63, 3.8) is 0 Å². The van der Waals surface area contributed by atoms with Gasteiger partial charge in [0.05, 0.1) is 6.07 Å². The minimum absolute atomic E-state index is 0.343. The average Bonchev–Trinajstić information content (AvgIpc) is 2.34. The molecule has 0 saturated heterocycles. The summed E-state index contributed by atoms with van der Waals surface area (Å²) in [6.45, 7) is 7.19. The van der Waals surface area contributed by atoms with Crippen LogP contribution < -0.4 is 0 Å². The molecule has 0 spiro atoms. The van der Waals surface area contributed by atoms with Crippen LogP contribution in [-0.4, -0.2) is 0 Å². The number of hydrogen-bond donors (Lipinski definition) is 0. The molecule has 1 heteroatoms. The molecule has 1 nitrogen and oxygen atoms in total. The molecular formula is C15H23N. The van der Waals surface area contributed by atoms with E-state index >= 15 is 0 Å². The fourth-order valence-corrected chi connectivity index (χ4v) is 4.91. The smallest absolute Gasteiger partial charge is 0.0656 e. The Morgan fingerprint density at radius 3 is 2.44 bits per heavy atom. The van der Waals surface area contributed by atoms with Gasteiger partial charge in [0.2, 0.25) is 0 Å². The second-order valence-corrected chi connectivity index (χ2v) is 7.62. The molecule has 0 aromatic heterocycles. The van der Waals surface area contributed by atoms with Gasteiger partial charge in [0.15, 0.2) is 0 Å². The van der Waals surface area contributed by atoms with Crippen molar-refractivity contribution in [1.82, 2.24) is 0 Å². The zero-order valence-electron chi connectivity index (χ0n) is 10.8. The first-order chi connectivity index (χ1) is 7.45. The summed E-state index contributed by atoms with van der Waals surface area (Å²) in [7, 11) is 0. The zero-order valence-corrected chi connectivity index (χ0v) is 10.8. The lowest BCUT2D eigenvalue weighted by molar-refractivity contribution is 0.0483. The van der Waals surface area contributed by atoms with Crippen molar-refractivity contribution in [2.24, 2.45) is 34.5 Å². The van der Waals surface area contributed by atoms with Crippen molar-refractivity contribution in [3.8, 4) is 6.07 Å². The third-order valence-electron chi connectivity index (χ3n) is 6.09. The van der Waals surface area contributed by atoms with Crippen molar-refractivity contribution in [2.75, 3.05) is 0 Å². The number of nitriles is 1. The fourth-order valence-electron chi connectivity index (χ4n) is 4.91. The molecule has 5 atom stereocenters. The van der Waals surface area contributed by atoms with Gasteiger partial charge in [-0.1, -0.05) is 20.8 Å². The van der Waals surface area contributed by atoms with Crippen LogP contribution in [0.2, 0.25) is 0 Å². The Bertz CT molecular complexity index is 345. The highest BCUT2D eigenvalue weighted by Gasteiger charge is 2.60. The molecule has 0 aromatic carbocycles. The van der Waals surface area contributed by atoms with Gasteiger partial charge in [-0.2, -0.15) is 5.26 Å². The van der Waals surface area contributed by atoms with Crippen LogP contribution in [0.5, 0.6) is 0 Å². The van der Waals surface area contributed by atoms with Gasteiger partial charge in [-0.25, -0.2) is 0 Å². The van der Waals surface area contributed by atoms with E-state index in [1.165, 1.54) is 32.1 Å². The van der Waals surface area contributed by atoms with Crippen molar-refractivity contribution in [1.29, 1.82) is 5.26 Å². The maximum absolute atomic E-state index is 9.31. The van der Waals surface area contributed by atoms with E-state index in [0.717, 1.165) is 17.8 Å². The Morgan fingerprint density at radius 2 is 1.81 bits per heavy atom. The van der Waals surface area contributed by atoms with E-state index in [4.69, 9.17) is 0 Å². The molecular weight excluding hydrogens is 194 g/mol. The second-order valence-electron chi connectivity index (χ2n) is 7.62. The van der Waals surface area contributed by atoms with Crippen LogP contribution in [0.25, 0.3) is 0 Å². The first-order valence-corrected chi connectivity index (χ1v) is 6.85. The van der Waals surface area contributed by atoms with Gasteiger partial charge in [0.25, 0.3) is 0 Å². The quantitative estimate of drug-likeness (QED) is 0.601. The van der Waals surface area contributed by atoms with Crippen molar-refractivity contribution < 1.29 is 0 Å². The molecule has 2 bridgehead atoms. The monoisotopic (exact) mass is 217 g/mol. The highest BCUT2D eigenvalue weighted by atomic mass is 14.6. The van der Waals surface area contributed by atoms with Crippen LogP contribution in [0.1, 0.15) is 52.9 Å². The molecule has 88 valence electrons. The number of nitrogens with zero attached hydrogens (tertiary/aromatic N) is 1. The molecule has 0 heterocycles. The van der Waals surface area contributed by atoms with Crippen LogP contribution in [0.15, 0.2) is 0 Å². The van der Waals surface area contributed by atoms with E-state index in [-0.39, 0.29) is 0 Å². The zero-order chi connectivity index (χ0) is 11.6. The number of hydrogen-bond acceptors (Lipinski definition) is 1. The Hall–Kier alpha value is -0.510. The van der Waals surface area contributed by atoms with Crippen LogP contribution in [0, 0.1) is 45.8 Å². The molecule has 0 aromatic rings. The summed E-state index contributed by atoms with van der Waals surface area (Å²) in [4.78, 5) is 0. The molecule has 0 N–H and O–H groups in total. The molecule has 3 fully saturated rings. The predicted octanol–water partition coefficient (Wildman–Crippen LogP) is 4.00.